The molecule has 0 unspecified atom stereocenters. The largest absolute Gasteiger partial charge is 0.478 e. The van der Waals surface area contributed by atoms with Gasteiger partial charge >= 0.3 is 5.97 Å². The summed E-state index contributed by atoms with van der Waals surface area (Å²) in [5.74, 6) is -1.06. The van der Waals surface area contributed by atoms with E-state index in [4.69, 9.17) is 5.11 Å². The molecular formula is C12H15NO3. The molecule has 0 aliphatic carbocycles. The van der Waals surface area contributed by atoms with Gasteiger partial charge in [-0.2, -0.15) is 0 Å². The van der Waals surface area contributed by atoms with Gasteiger partial charge in [0, 0.05) is 23.4 Å². The van der Waals surface area contributed by atoms with Gasteiger partial charge in [0.2, 0.25) is 0 Å². The molecule has 1 aromatic heterocycles. The first-order valence-electron chi connectivity index (χ1n) is 5.06. The molecule has 16 heavy (non-hydrogen) atoms. The SMILES string of the molecule is Cc1ccc(/C=C/C(=O)O)c(=O)n1C(C)C. The number of hydrogen-bond donors (Lipinski definition) is 1. The van der Waals surface area contributed by atoms with Crippen LogP contribution in [0.1, 0.15) is 31.1 Å². The predicted molar refractivity (Wildman–Crippen MR) is 62.5 cm³/mol. The van der Waals surface area contributed by atoms with Crippen molar-refractivity contribution >= 4 is 12.0 Å². The number of hydrogen-bond acceptors (Lipinski definition) is 2. The summed E-state index contributed by atoms with van der Waals surface area (Å²) < 4.78 is 1.64. The first kappa shape index (κ1) is 12.2. The monoisotopic (exact) mass is 221 g/mol. The van der Waals surface area contributed by atoms with Gasteiger partial charge in [0.1, 0.15) is 0 Å². The summed E-state index contributed by atoms with van der Waals surface area (Å²) in [6, 6.07) is 3.50. The second-order valence-corrected chi connectivity index (χ2v) is 3.87. The lowest BCUT2D eigenvalue weighted by Crippen LogP contribution is -2.25. The van der Waals surface area contributed by atoms with Crippen molar-refractivity contribution in [2.75, 3.05) is 0 Å². The van der Waals surface area contributed by atoms with E-state index >= 15 is 0 Å². The highest BCUT2D eigenvalue weighted by Crippen LogP contribution is 2.07. The minimum atomic E-state index is -1.06. The van der Waals surface area contributed by atoms with Crippen molar-refractivity contribution in [1.29, 1.82) is 0 Å². The maximum Gasteiger partial charge on any atom is 0.328 e. The number of rotatable bonds is 3. The fourth-order valence-electron chi connectivity index (χ4n) is 1.59. The van der Waals surface area contributed by atoms with Crippen molar-refractivity contribution in [3.8, 4) is 0 Å². The van der Waals surface area contributed by atoms with Crippen molar-refractivity contribution < 1.29 is 9.90 Å². The molecule has 0 bridgehead atoms. The molecule has 0 saturated heterocycles. The van der Waals surface area contributed by atoms with Crippen molar-refractivity contribution in [3.05, 3.63) is 39.8 Å². The summed E-state index contributed by atoms with van der Waals surface area (Å²) in [6.45, 7) is 5.68. The Kier molecular flexibility index (Phi) is 3.66. The topological polar surface area (TPSA) is 59.3 Å². The van der Waals surface area contributed by atoms with Crippen LogP contribution in [0, 0.1) is 6.92 Å². The molecule has 0 spiro atoms. The van der Waals surface area contributed by atoms with E-state index in [9.17, 15) is 9.59 Å². The molecule has 0 atom stereocenters. The Morgan fingerprint density at radius 1 is 1.44 bits per heavy atom. The summed E-state index contributed by atoms with van der Waals surface area (Å²) in [5, 5.41) is 8.50. The molecule has 0 fully saturated rings. The Morgan fingerprint density at radius 2 is 2.06 bits per heavy atom. The minimum absolute atomic E-state index is 0.0608. The normalized spacial score (nSPS) is 11.2. The Bertz CT molecular complexity index is 484. The van der Waals surface area contributed by atoms with Crippen molar-refractivity contribution in [1.82, 2.24) is 4.57 Å². The van der Waals surface area contributed by atoms with Gasteiger partial charge in [0.15, 0.2) is 0 Å². The zero-order valence-electron chi connectivity index (χ0n) is 9.60. The van der Waals surface area contributed by atoms with Crippen LogP contribution < -0.4 is 5.56 Å². The number of carboxylic acids is 1. The molecule has 0 saturated carbocycles. The predicted octanol–water partition coefficient (Wildman–Crippen LogP) is 1.84. The first-order chi connectivity index (χ1) is 7.43. The summed E-state index contributed by atoms with van der Waals surface area (Å²) in [6.07, 6.45) is 2.29. The van der Waals surface area contributed by atoms with Crippen LogP contribution in [-0.4, -0.2) is 15.6 Å². The molecule has 4 heteroatoms. The molecule has 0 aliphatic heterocycles. The third kappa shape index (κ3) is 2.59. The molecular weight excluding hydrogens is 206 g/mol. The molecule has 86 valence electrons. The molecule has 1 aromatic rings. The molecule has 0 radical (unpaired) electrons. The Labute approximate surface area is 93.8 Å². The van der Waals surface area contributed by atoms with E-state index in [-0.39, 0.29) is 11.6 Å². The van der Waals surface area contributed by atoms with E-state index in [2.05, 4.69) is 0 Å². The number of pyridine rings is 1. The second kappa shape index (κ2) is 4.79. The van der Waals surface area contributed by atoms with E-state index in [0.29, 0.717) is 5.56 Å². The molecule has 1 N–H and O–H groups in total. The van der Waals surface area contributed by atoms with E-state index in [0.717, 1.165) is 11.8 Å². The molecule has 0 amide bonds. The van der Waals surface area contributed by atoms with Gasteiger partial charge in [0.25, 0.3) is 5.56 Å². The number of nitrogens with zero attached hydrogens (tertiary/aromatic N) is 1. The lowest BCUT2D eigenvalue weighted by atomic mass is 10.2. The first-order valence-corrected chi connectivity index (χ1v) is 5.06. The lowest BCUT2D eigenvalue weighted by molar-refractivity contribution is -0.131. The van der Waals surface area contributed by atoms with Crippen LogP contribution in [-0.2, 0) is 4.79 Å². The van der Waals surface area contributed by atoms with Gasteiger partial charge < -0.3 is 9.67 Å². The standard InChI is InChI=1S/C12H15NO3/c1-8(2)13-9(3)4-5-10(12(13)16)6-7-11(14)15/h4-8H,1-3H3,(H,14,15)/b7-6+. The summed E-state index contributed by atoms with van der Waals surface area (Å²) in [4.78, 5) is 22.3. The van der Waals surface area contributed by atoms with Crippen molar-refractivity contribution in [3.63, 3.8) is 0 Å². The Hall–Kier alpha value is -1.84. The summed E-state index contributed by atoms with van der Waals surface area (Å²) in [5.41, 5.74) is 1.10. The van der Waals surface area contributed by atoms with E-state index in [1.54, 1.807) is 10.6 Å². The van der Waals surface area contributed by atoms with Crippen LogP contribution in [0.4, 0.5) is 0 Å². The highest BCUT2D eigenvalue weighted by molar-refractivity contribution is 5.85. The smallest absolute Gasteiger partial charge is 0.328 e. The van der Waals surface area contributed by atoms with Gasteiger partial charge in [-0.25, -0.2) is 4.79 Å². The maximum absolute atomic E-state index is 12.0. The molecule has 0 aliphatic rings. The zero-order valence-corrected chi connectivity index (χ0v) is 9.60. The molecule has 0 aromatic carbocycles. The lowest BCUT2D eigenvalue weighted by Gasteiger charge is -2.14. The highest BCUT2D eigenvalue weighted by Gasteiger charge is 2.07. The van der Waals surface area contributed by atoms with Crippen LogP contribution in [0.5, 0.6) is 0 Å². The van der Waals surface area contributed by atoms with Crippen LogP contribution >= 0.6 is 0 Å². The van der Waals surface area contributed by atoms with Gasteiger partial charge in [0.05, 0.1) is 0 Å². The fraction of sp³-hybridized carbons (Fsp3) is 0.333. The number of carboxylic acid groups (broad SMARTS) is 1. The van der Waals surface area contributed by atoms with Crippen molar-refractivity contribution in [2.45, 2.75) is 26.8 Å². The van der Waals surface area contributed by atoms with E-state index in [1.165, 1.54) is 6.08 Å². The van der Waals surface area contributed by atoms with Crippen LogP contribution in [0.2, 0.25) is 0 Å². The third-order valence-corrected chi connectivity index (χ3v) is 2.27. The summed E-state index contributed by atoms with van der Waals surface area (Å²) in [7, 11) is 0. The van der Waals surface area contributed by atoms with Gasteiger partial charge in [-0.3, -0.25) is 4.79 Å². The van der Waals surface area contributed by atoms with Crippen LogP contribution in [0.3, 0.4) is 0 Å². The average Bonchev–Trinajstić information content (AvgIpc) is 2.15. The summed E-state index contributed by atoms with van der Waals surface area (Å²) >= 11 is 0. The van der Waals surface area contributed by atoms with Crippen LogP contribution in [0.15, 0.2) is 23.0 Å². The Balaban J connectivity index is 3.30. The van der Waals surface area contributed by atoms with Gasteiger partial charge in [-0.05, 0) is 39.0 Å². The molecule has 1 heterocycles. The fourth-order valence-corrected chi connectivity index (χ4v) is 1.59. The molecule has 1 rings (SSSR count). The number of aliphatic carboxylic acids is 1. The zero-order chi connectivity index (χ0) is 12.3. The average molecular weight is 221 g/mol. The van der Waals surface area contributed by atoms with Crippen molar-refractivity contribution in [2.24, 2.45) is 0 Å². The van der Waals surface area contributed by atoms with E-state index < -0.39 is 5.97 Å². The number of carbonyl (C=O) groups is 1. The molecule has 4 nitrogen and oxygen atoms in total. The van der Waals surface area contributed by atoms with Gasteiger partial charge in [-0.1, -0.05) is 0 Å². The third-order valence-electron chi connectivity index (χ3n) is 2.27. The van der Waals surface area contributed by atoms with Gasteiger partial charge in [-0.15, -0.1) is 0 Å². The minimum Gasteiger partial charge on any atom is -0.478 e. The van der Waals surface area contributed by atoms with Crippen LogP contribution in [0.25, 0.3) is 6.08 Å². The quantitative estimate of drug-likeness (QED) is 0.792. The number of aryl methyl sites for hydroxylation is 1. The second-order valence-electron chi connectivity index (χ2n) is 3.87. The maximum atomic E-state index is 12.0. The Morgan fingerprint density at radius 3 is 2.56 bits per heavy atom. The number of aromatic nitrogens is 1. The van der Waals surface area contributed by atoms with E-state index in [1.807, 2.05) is 26.8 Å². The highest BCUT2D eigenvalue weighted by atomic mass is 16.4.